The Morgan fingerprint density at radius 3 is 2.74 bits per heavy atom. The molecule has 3 rings (SSSR count). The van der Waals surface area contributed by atoms with Gasteiger partial charge in [0.15, 0.2) is 5.13 Å². The summed E-state index contributed by atoms with van der Waals surface area (Å²) in [6.45, 7) is 1.05. The Morgan fingerprint density at radius 2 is 2.04 bits per heavy atom. The van der Waals surface area contributed by atoms with Gasteiger partial charge < -0.3 is 15.8 Å². The van der Waals surface area contributed by atoms with Crippen molar-refractivity contribution < 1.29 is 9.53 Å². The standard InChI is InChI=1S/C16H18BrN3O2S/c17-12-3-1-11(2-4-12)9-13-10-19-15(23-13)20-14(21)16(18)5-7-22-8-6-16/h1-4,10H,5-9,18H2,(H,19,20,21). The Bertz CT molecular complexity index is 681. The van der Waals surface area contributed by atoms with Crippen molar-refractivity contribution in [2.45, 2.75) is 24.8 Å². The van der Waals surface area contributed by atoms with Gasteiger partial charge in [-0.1, -0.05) is 28.1 Å². The van der Waals surface area contributed by atoms with Crippen LogP contribution in [0.25, 0.3) is 0 Å². The lowest BCUT2D eigenvalue weighted by molar-refractivity contribution is -0.124. The third-order valence-corrected chi connectivity index (χ3v) is 5.34. The van der Waals surface area contributed by atoms with Gasteiger partial charge >= 0.3 is 0 Å². The first kappa shape index (κ1) is 16.6. The average molecular weight is 396 g/mol. The molecule has 1 fully saturated rings. The Morgan fingerprint density at radius 1 is 1.35 bits per heavy atom. The quantitative estimate of drug-likeness (QED) is 0.833. The highest BCUT2D eigenvalue weighted by Crippen LogP contribution is 2.25. The molecule has 0 radical (unpaired) electrons. The zero-order valence-corrected chi connectivity index (χ0v) is 15.0. The monoisotopic (exact) mass is 395 g/mol. The van der Waals surface area contributed by atoms with Crippen LogP contribution in [0.2, 0.25) is 0 Å². The van der Waals surface area contributed by atoms with E-state index in [-0.39, 0.29) is 5.91 Å². The van der Waals surface area contributed by atoms with E-state index in [9.17, 15) is 4.79 Å². The van der Waals surface area contributed by atoms with Crippen molar-refractivity contribution in [2.75, 3.05) is 18.5 Å². The van der Waals surface area contributed by atoms with E-state index >= 15 is 0 Å². The summed E-state index contributed by atoms with van der Waals surface area (Å²) in [6, 6.07) is 8.17. The Balaban J connectivity index is 1.62. The van der Waals surface area contributed by atoms with Gasteiger partial charge in [-0.3, -0.25) is 4.79 Å². The molecule has 0 spiro atoms. The van der Waals surface area contributed by atoms with Gasteiger partial charge in [-0.15, -0.1) is 11.3 Å². The van der Waals surface area contributed by atoms with Crippen molar-refractivity contribution in [3.63, 3.8) is 0 Å². The van der Waals surface area contributed by atoms with Crippen molar-refractivity contribution in [1.82, 2.24) is 4.98 Å². The van der Waals surface area contributed by atoms with Crippen LogP contribution < -0.4 is 11.1 Å². The second-order valence-electron chi connectivity index (χ2n) is 5.66. The summed E-state index contributed by atoms with van der Waals surface area (Å²) in [4.78, 5) is 17.7. The van der Waals surface area contributed by atoms with Crippen LogP contribution in [0, 0.1) is 0 Å². The summed E-state index contributed by atoms with van der Waals surface area (Å²) >= 11 is 4.91. The molecule has 1 aromatic carbocycles. The molecule has 1 aliphatic heterocycles. The van der Waals surface area contributed by atoms with Crippen LogP contribution in [-0.2, 0) is 16.0 Å². The molecule has 0 atom stereocenters. The second kappa shape index (κ2) is 7.09. The second-order valence-corrected chi connectivity index (χ2v) is 7.69. The normalized spacial score (nSPS) is 17.0. The topological polar surface area (TPSA) is 77.2 Å². The number of halogens is 1. The number of nitrogens with zero attached hydrogens (tertiary/aromatic N) is 1. The molecule has 1 saturated heterocycles. The van der Waals surface area contributed by atoms with Gasteiger partial charge in [-0.05, 0) is 30.5 Å². The van der Waals surface area contributed by atoms with E-state index in [1.165, 1.54) is 16.9 Å². The Hall–Kier alpha value is -1.28. The summed E-state index contributed by atoms with van der Waals surface area (Å²) < 4.78 is 6.33. The number of hydrogen-bond acceptors (Lipinski definition) is 5. The van der Waals surface area contributed by atoms with Crippen LogP contribution in [0.4, 0.5) is 5.13 Å². The van der Waals surface area contributed by atoms with Crippen molar-refractivity contribution >= 4 is 38.3 Å². The predicted octanol–water partition coefficient (Wildman–Crippen LogP) is 2.94. The highest BCUT2D eigenvalue weighted by molar-refractivity contribution is 9.10. The minimum atomic E-state index is -0.851. The first-order valence-electron chi connectivity index (χ1n) is 7.42. The number of rotatable bonds is 4. The number of hydrogen-bond donors (Lipinski definition) is 2. The molecule has 0 aliphatic carbocycles. The van der Waals surface area contributed by atoms with Crippen LogP contribution >= 0.6 is 27.3 Å². The highest BCUT2D eigenvalue weighted by Gasteiger charge is 2.36. The van der Waals surface area contributed by atoms with E-state index in [1.807, 2.05) is 12.1 Å². The molecule has 23 heavy (non-hydrogen) atoms. The van der Waals surface area contributed by atoms with E-state index in [4.69, 9.17) is 10.5 Å². The lowest BCUT2D eigenvalue weighted by Crippen LogP contribution is -2.54. The average Bonchev–Trinajstić information content (AvgIpc) is 2.97. The van der Waals surface area contributed by atoms with Crippen LogP contribution in [0.5, 0.6) is 0 Å². The van der Waals surface area contributed by atoms with Crippen LogP contribution in [-0.4, -0.2) is 29.6 Å². The fourth-order valence-electron chi connectivity index (χ4n) is 2.43. The first-order chi connectivity index (χ1) is 11.0. The zero-order chi connectivity index (χ0) is 16.3. The van der Waals surface area contributed by atoms with Gasteiger partial charge in [-0.2, -0.15) is 0 Å². The molecule has 122 valence electrons. The lowest BCUT2D eigenvalue weighted by Gasteiger charge is -2.31. The van der Waals surface area contributed by atoms with Crippen molar-refractivity contribution in [2.24, 2.45) is 5.73 Å². The van der Waals surface area contributed by atoms with Gasteiger partial charge in [0.2, 0.25) is 5.91 Å². The SMILES string of the molecule is NC1(C(=O)Nc2ncc(Cc3ccc(Br)cc3)s2)CCOCC1. The van der Waals surface area contributed by atoms with E-state index in [0.29, 0.717) is 31.2 Å². The number of nitrogens with one attached hydrogen (secondary N) is 1. The van der Waals surface area contributed by atoms with E-state index < -0.39 is 5.54 Å². The molecule has 0 saturated carbocycles. The van der Waals surface area contributed by atoms with Gasteiger partial charge in [0.1, 0.15) is 5.54 Å². The van der Waals surface area contributed by atoms with E-state index in [0.717, 1.165) is 15.8 Å². The van der Waals surface area contributed by atoms with Gasteiger partial charge in [-0.25, -0.2) is 4.98 Å². The number of nitrogens with two attached hydrogens (primary N) is 1. The third-order valence-electron chi connectivity index (χ3n) is 3.90. The third kappa shape index (κ3) is 4.17. The Kier molecular flexibility index (Phi) is 5.11. The highest BCUT2D eigenvalue weighted by atomic mass is 79.9. The molecular weight excluding hydrogens is 378 g/mol. The van der Waals surface area contributed by atoms with Crippen LogP contribution in [0.3, 0.4) is 0 Å². The Labute approximate surface area is 147 Å². The molecule has 5 nitrogen and oxygen atoms in total. The maximum atomic E-state index is 12.4. The number of aromatic nitrogens is 1. The number of ether oxygens (including phenoxy) is 1. The first-order valence-corrected chi connectivity index (χ1v) is 9.03. The number of anilines is 1. The van der Waals surface area contributed by atoms with Crippen molar-refractivity contribution in [1.29, 1.82) is 0 Å². The fraction of sp³-hybridized carbons (Fsp3) is 0.375. The maximum Gasteiger partial charge on any atom is 0.246 e. The largest absolute Gasteiger partial charge is 0.381 e. The molecule has 0 bridgehead atoms. The molecule has 1 amide bonds. The van der Waals surface area contributed by atoms with Crippen molar-refractivity contribution in [3.8, 4) is 0 Å². The maximum absolute atomic E-state index is 12.4. The predicted molar refractivity (Wildman–Crippen MR) is 94.7 cm³/mol. The van der Waals surface area contributed by atoms with E-state index in [2.05, 4.69) is 38.4 Å². The summed E-state index contributed by atoms with van der Waals surface area (Å²) in [5.74, 6) is -0.176. The number of carbonyl (C=O) groups excluding carboxylic acids is 1. The molecule has 1 aromatic heterocycles. The molecule has 2 aromatic rings. The summed E-state index contributed by atoms with van der Waals surface area (Å²) in [5, 5.41) is 3.44. The van der Waals surface area contributed by atoms with E-state index in [1.54, 1.807) is 6.20 Å². The molecule has 0 unspecified atom stereocenters. The van der Waals surface area contributed by atoms with Gasteiger partial charge in [0, 0.05) is 35.2 Å². The van der Waals surface area contributed by atoms with Crippen molar-refractivity contribution in [3.05, 3.63) is 45.4 Å². The zero-order valence-electron chi connectivity index (χ0n) is 12.5. The van der Waals surface area contributed by atoms with Gasteiger partial charge in [0.05, 0.1) is 0 Å². The number of benzene rings is 1. The number of carbonyl (C=O) groups is 1. The van der Waals surface area contributed by atoms with Crippen LogP contribution in [0.1, 0.15) is 23.3 Å². The molecule has 2 heterocycles. The molecule has 3 N–H and O–H groups in total. The summed E-state index contributed by atoms with van der Waals surface area (Å²) in [7, 11) is 0. The number of thiazole rings is 1. The molecular formula is C16H18BrN3O2S. The number of amides is 1. The minimum Gasteiger partial charge on any atom is -0.381 e. The molecule has 7 heteroatoms. The molecule has 1 aliphatic rings. The summed E-state index contributed by atoms with van der Waals surface area (Å²) in [6.07, 6.45) is 3.67. The summed E-state index contributed by atoms with van der Waals surface area (Å²) in [5.41, 5.74) is 6.53. The van der Waals surface area contributed by atoms with Crippen LogP contribution in [0.15, 0.2) is 34.9 Å². The minimum absolute atomic E-state index is 0.176. The smallest absolute Gasteiger partial charge is 0.246 e. The van der Waals surface area contributed by atoms with Gasteiger partial charge in [0.25, 0.3) is 0 Å². The lowest BCUT2D eigenvalue weighted by atomic mass is 9.90. The fourth-order valence-corrected chi connectivity index (χ4v) is 3.54.